The summed E-state index contributed by atoms with van der Waals surface area (Å²) in [5.41, 5.74) is 0.715. The average Bonchev–Trinajstić information content (AvgIpc) is 3.13. The third-order valence-corrected chi connectivity index (χ3v) is 3.76. The Morgan fingerprint density at radius 1 is 1.59 bits per heavy atom. The molecule has 0 saturated heterocycles. The number of hydrazone groups is 1. The smallest absolute Gasteiger partial charge is 0.407 e. The summed E-state index contributed by atoms with van der Waals surface area (Å²) < 4.78 is 7.24. The Balaban J connectivity index is 2.08. The highest BCUT2D eigenvalue weighted by Gasteiger charge is 2.21. The molecule has 0 radical (unpaired) electrons. The number of aromatic nitrogens is 1. The molecule has 2 heterocycles. The van der Waals surface area contributed by atoms with Crippen LogP contribution in [0.5, 0.6) is 0 Å². The van der Waals surface area contributed by atoms with Crippen LogP contribution in [-0.2, 0) is 11.3 Å². The lowest BCUT2D eigenvalue weighted by Gasteiger charge is -2.13. The van der Waals surface area contributed by atoms with Gasteiger partial charge in [-0.1, -0.05) is 6.92 Å². The summed E-state index contributed by atoms with van der Waals surface area (Å²) in [5.74, 6) is 7.11. The Morgan fingerprint density at radius 2 is 2.36 bits per heavy atom. The van der Waals surface area contributed by atoms with E-state index in [9.17, 15) is 4.79 Å². The number of carbonyl (C=O) groups is 1. The summed E-state index contributed by atoms with van der Waals surface area (Å²) in [6.45, 7) is 8.46. The standard InChI is InChI=1S/C14H19N5O2S/c1-4-7-19(15)18(3)14-17-12(9-22-14)13-6-5-11(21-13)8-16-10(2)20/h5-6,9H,3-4,7-8,15H2,1-2H3/p+1. The molecule has 2 aromatic rings. The molecule has 2 aromatic heterocycles. The molecule has 1 amide bonds. The third-order valence-electron chi connectivity index (χ3n) is 2.90. The van der Waals surface area contributed by atoms with Crippen LogP contribution in [-0.4, -0.2) is 34.0 Å². The third kappa shape index (κ3) is 3.92. The van der Waals surface area contributed by atoms with Gasteiger partial charge < -0.3 is 9.73 Å². The summed E-state index contributed by atoms with van der Waals surface area (Å²) in [5, 5.41) is 6.78. The summed E-state index contributed by atoms with van der Waals surface area (Å²) in [7, 11) is 0. The summed E-state index contributed by atoms with van der Waals surface area (Å²) in [6, 6.07) is 3.65. The van der Waals surface area contributed by atoms with Crippen molar-refractivity contribution < 1.29 is 13.9 Å². The van der Waals surface area contributed by atoms with Gasteiger partial charge in [-0.2, -0.15) is 5.12 Å². The molecule has 0 saturated carbocycles. The van der Waals surface area contributed by atoms with Crippen LogP contribution in [0.25, 0.3) is 11.5 Å². The van der Waals surface area contributed by atoms with E-state index in [-0.39, 0.29) is 5.91 Å². The first kappa shape index (κ1) is 16.2. The number of carbonyl (C=O) groups excluding carboxylic acids is 1. The number of thiazole rings is 1. The van der Waals surface area contributed by atoms with Crippen LogP contribution in [0.3, 0.4) is 0 Å². The minimum absolute atomic E-state index is 0.0967. The van der Waals surface area contributed by atoms with Crippen LogP contribution in [0.1, 0.15) is 26.0 Å². The van der Waals surface area contributed by atoms with Crippen molar-refractivity contribution in [3.8, 4) is 11.5 Å². The zero-order chi connectivity index (χ0) is 16.1. The fourth-order valence-electron chi connectivity index (χ4n) is 1.78. The van der Waals surface area contributed by atoms with Gasteiger partial charge in [-0.25, -0.2) is 5.84 Å². The molecule has 0 aliphatic heterocycles. The lowest BCUT2D eigenvalue weighted by molar-refractivity contribution is -0.619. The molecule has 0 aliphatic carbocycles. The molecule has 0 aliphatic rings. The van der Waals surface area contributed by atoms with E-state index in [1.54, 1.807) is 4.68 Å². The Kier molecular flexibility index (Phi) is 5.29. The van der Waals surface area contributed by atoms with Crippen molar-refractivity contribution in [2.24, 2.45) is 5.84 Å². The van der Waals surface area contributed by atoms with E-state index < -0.39 is 0 Å². The zero-order valence-electron chi connectivity index (χ0n) is 12.7. The molecule has 0 fully saturated rings. The van der Waals surface area contributed by atoms with Gasteiger partial charge in [0.25, 0.3) is 0 Å². The molecule has 22 heavy (non-hydrogen) atoms. The highest BCUT2D eigenvalue weighted by atomic mass is 32.1. The number of nitrogens with one attached hydrogen (secondary N) is 1. The largest absolute Gasteiger partial charge is 0.455 e. The number of furan rings is 1. The number of nitrogens with two attached hydrogens (primary N) is 1. The maximum Gasteiger partial charge on any atom is 0.407 e. The minimum Gasteiger partial charge on any atom is -0.455 e. The molecular formula is C14H20N5O2S+. The molecule has 0 spiro atoms. The van der Waals surface area contributed by atoms with Gasteiger partial charge in [0.1, 0.15) is 5.76 Å². The molecule has 3 N–H and O–H groups in total. The molecule has 7 nitrogen and oxygen atoms in total. The van der Waals surface area contributed by atoms with Crippen LogP contribution < -0.4 is 11.2 Å². The van der Waals surface area contributed by atoms with Crippen LogP contribution in [0.2, 0.25) is 0 Å². The number of amides is 1. The van der Waals surface area contributed by atoms with Crippen molar-refractivity contribution in [1.82, 2.24) is 15.4 Å². The molecule has 0 atom stereocenters. The van der Waals surface area contributed by atoms with Crippen molar-refractivity contribution in [1.29, 1.82) is 0 Å². The first-order valence-electron chi connectivity index (χ1n) is 6.93. The zero-order valence-corrected chi connectivity index (χ0v) is 13.5. The molecule has 8 heteroatoms. The highest BCUT2D eigenvalue weighted by Crippen LogP contribution is 2.27. The summed E-state index contributed by atoms with van der Waals surface area (Å²) >= 11 is 1.44. The minimum atomic E-state index is -0.0967. The topological polar surface area (TPSA) is 87.4 Å². The number of hydrogen-bond acceptors (Lipinski definition) is 6. The van der Waals surface area contributed by atoms with Crippen LogP contribution in [0, 0.1) is 0 Å². The second-order valence-electron chi connectivity index (χ2n) is 4.75. The molecule has 118 valence electrons. The highest BCUT2D eigenvalue weighted by molar-refractivity contribution is 7.13. The fraction of sp³-hybridized carbons (Fsp3) is 0.357. The second-order valence-corrected chi connectivity index (χ2v) is 5.59. The van der Waals surface area contributed by atoms with Crippen LogP contribution >= 0.6 is 11.3 Å². The predicted molar refractivity (Wildman–Crippen MR) is 85.6 cm³/mol. The van der Waals surface area contributed by atoms with Crippen molar-refractivity contribution in [3.05, 3.63) is 23.3 Å². The summed E-state index contributed by atoms with van der Waals surface area (Å²) in [6.07, 6.45) is 0.922. The monoisotopic (exact) mass is 322 g/mol. The van der Waals surface area contributed by atoms with E-state index >= 15 is 0 Å². The van der Waals surface area contributed by atoms with Gasteiger partial charge in [-0.05, 0) is 34.9 Å². The quantitative estimate of drug-likeness (QED) is 0.352. The Hall–Kier alpha value is -2.19. The number of hydrazine groups is 2. The van der Waals surface area contributed by atoms with Gasteiger partial charge in [0, 0.05) is 6.92 Å². The van der Waals surface area contributed by atoms with Crippen molar-refractivity contribution in [2.45, 2.75) is 26.8 Å². The number of nitrogens with zero attached hydrogens (tertiary/aromatic N) is 3. The Bertz CT molecular complexity index is 664. The van der Waals surface area contributed by atoms with Crippen molar-refractivity contribution in [3.63, 3.8) is 0 Å². The summed E-state index contributed by atoms with van der Waals surface area (Å²) in [4.78, 5) is 15.4. The maximum atomic E-state index is 10.9. The number of rotatable bonds is 7. The average molecular weight is 322 g/mol. The molecular weight excluding hydrogens is 302 g/mol. The Labute approximate surface area is 133 Å². The van der Waals surface area contributed by atoms with Crippen molar-refractivity contribution >= 4 is 29.1 Å². The van der Waals surface area contributed by atoms with E-state index in [1.807, 2.05) is 24.4 Å². The molecule has 0 bridgehead atoms. The van der Waals surface area contributed by atoms with Gasteiger partial charge in [0.05, 0.1) is 25.2 Å². The first-order chi connectivity index (χ1) is 10.5. The predicted octanol–water partition coefficient (Wildman–Crippen LogP) is 1.88. The van der Waals surface area contributed by atoms with Gasteiger partial charge in [0.2, 0.25) is 11.6 Å². The van der Waals surface area contributed by atoms with E-state index in [2.05, 4.69) is 17.0 Å². The van der Waals surface area contributed by atoms with Crippen LogP contribution in [0.4, 0.5) is 5.13 Å². The van der Waals surface area contributed by atoms with E-state index in [0.29, 0.717) is 35.4 Å². The fourth-order valence-corrected chi connectivity index (χ4v) is 2.54. The first-order valence-corrected chi connectivity index (χ1v) is 7.81. The lowest BCUT2D eigenvalue weighted by atomic mass is 10.3. The van der Waals surface area contributed by atoms with Gasteiger partial charge in [-0.3, -0.25) is 4.79 Å². The van der Waals surface area contributed by atoms with Crippen LogP contribution in [0.15, 0.2) is 21.9 Å². The lowest BCUT2D eigenvalue weighted by Crippen LogP contribution is -2.38. The van der Waals surface area contributed by atoms with E-state index in [0.717, 1.165) is 6.42 Å². The second kappa shape index (κ2) is 7.19. The molecule has 2 rings (SSSR count). The van der Waals surface area contributed by atoms with Crippen molar-refractivity contribution in [2.75, 3.05) is 6.54 Å². The van der Waals surface area contributed by atoms with Gasteiger partial charge in [0.15, 0.2) is 5.76 Å². The SMILES string of the molecule is C=[N+](c1nc(-c2ccc(CNC(C)=O)o2)cs1)N(N)CCC. The van der Waals surface area contributed by atoms with E-state index in [4.69, 9.17) is 10.3 Å². The maximum absolute atomic E-state index is 10.9. The number of hydrogen-bond donors (Lipinski definition) is 2. The molecule has 0 aromatic carbocycles. The Morgan fingerprint density at radius 3 is 3.05 bits per heavy atom. The molecule has 0 unspecified atom stereocenters. The van der Waals surface area contributed by atoms with Gasteiger partial charge in [-0.15, -0.1) is 4.68 Å². The van der Waals surface area contributed by atoms with E-state index in [1.165, 1.54) is 23.4 Å². The van der Waals surface area contributed by atoms with Gasteiger partial charge >= 0.3 is 5.13 Å². The normalized spacial score (nSPS) is 10.5.